The summed E-state index contributed by atoms with van der Waals surface area (Å²) in [5.74, 6) is -0.174. The molecule has 0 saturated carbocycles. The molecule has 12 heteroatoms. The first-order valence-corrected chi connectivity index (χ1v) is 11.9. The van der Waals surface area contributed by atoms with Gasteiger partial charge in [-0.05, 0) is 49.6 Å². The van der Waals surface area contributed by atoms with Crippen molar-refractivity contribution in [1.82, 2.24) is 15.3 Å². The van der Waals surface area contributed by atoms with Crippen molar-refractivity contribution in [1.29, 1.82) is 0 Å². The zero-order chi connectivity index (χ0) is 27.5. The van der Waals surface area contributed by atoms with E-state index in [-0.39, 0.29) is 23.8 Å². The number of carbonyl (C=O) groups is 1. The molecule has 1 amide bonds. The lowest BCUT2D eigenvalue weighted by Gasteiger charge is -2.33. The molecule has 0 unspecified atom stereocenters. The van der Waals surface area contributed by atoms with Crippen molar-refractivity contribution in [2.75, 3.05) is 23.3 Å². The van der Waals surface area contributed by atoms with E-state index in [1.165, 1.54) is 6.20 Å². The van der Waals surface area contributed by atoms with Gasteiger partial charge in [-0.2, -0.15) is 31.3 Å². The van der Waals surface area contributed by atoms with Gasteiger partial charge >= 0.3 is 12.4 Å². The quantitative estimate of drug-likeness (QED) is 0.372. The van der Waals surface area contributed by atoms with Crippen LogP contribution in [0, 0.1) is 12.8 Å². The Hall–Kier alpha value is -3.83. The average Bonchev–Trinajstić information content (AvgIpc) is 2.87. The summed E-state index contributed by atoms with van der Waals surface area (Å²) in [4.78, 5) is 22.9. The van der Waals surface area contributed by atoms with Crippen molar-refractivity contribution < 1.29 is 31.1 Å². The van der Waals surface area contributed by atoms with Crippen LogP contribution in [0.15, 0.2) is 54.7 Å². The lowest BCUT2D eigenvalue weighted by atomic mass is 9.97. The van der Waals surface area contributed by atoms with Crippen LogP contribution in [0.4, 0.5) is 43.8 Å². The highest BCUT2D eigenvalue weighted by Gasteiger charge is 2.37. The number of anilines is 3. The van der Waals surface area contributed by atoms with E-state index in [4.69, 9.17) is 0 Å². The number of piperidine rings is 1. The Labute approximate surface area is 215 Å². The first-order valence-electron chi connectivity index (χ1n) is 11.9. The Morgan fingerprint density at radius 3 is 2.29 bits per heavy atom. The number of halogens is 6. The monoisotopic (exact) mass is 537 g/mol. The maximum absolute atomic E-state index is 13.2. The first kappa shape index (κ1) is 27.2. The minimum atomic E-state index is -4.97. The van der Waals surface area contributed by atoms with Gasteiger partial charge in [0.15, 0.2) is 0 Å². The molecule has 2 aromatic carbocycles. The number of aromatic nitrogens is 2. The zero-order valence-electron chi connectivity index (χ0n) is 20.3. The highest BCUT2D eigenvalue weighted by Crippen LogP contribution is 2.38. The molecule has 4 rings (SSSR count). The van der Waals surface area contributed by atoms with Crippen molar-refractivity contribution >= 4 is 23.4 Å². The number of hydrogen-bond acceptors (Lipinski definition) is 5. The van der Waals surface area contributed by atoms with Gasteiger partial charge < -0.3 is 15.5 Å². The Bertz CT molecular complexity index is 1240. The molecule has 0 bridgehead atoms. The molecular weight excluding hydrogens is 512 g/mol. The SMILES string of the molecule is Cc1ccc(CNC(=O)[C@H]2CCCN(c3ccnc(Nc4cc(C(F)(F)F)cc(C(F)(F)F)c4)n3)C2)cc1. The largest absolute Gasteiger partial charge is 0.416 e. The number of rotatable bonds is 6. The number of benzene rings is 2. The summed E-state index contributed by atoms with van der Waals surface area (Å²) in [5.41, 5.74) is -1.23. The number of carbonyl (C=O) groups excluding carboxylic acids is 1. The molecule has 1 aliphatic rings. The highest BCUT2D eigenvalue weighted by atomic mass is 19.4. The molecule has 1 fully saturated rings. The van der Waals surface area contributed by atoms with Crippen LogP contribution in [0.2, 0.25) is 0 Å². The molecule has 0 radical (unpaired) electrons. The van der Waals surface area contributed by atoms with E-state index in [1.54, 1.807) is 6.07 Å². The van der Waals surface area contributed by atoms with Gasteiger partial charge in [0.25, 0.3) is 0 Å². The molecule has 0 aliphatic carbocycles. The number of nitrogens with zero attached hydrogens (tertiary/aromatic N) is 3. The summed E-state index contributed by atoms with van der Waals surface area (Å²) in [6.45, 7) is 3.32. The molecule has 1 aromatic heterocycles. The second-order valence-corrected chi connectivity index (χ2v) is 9.15. The Morgan fingerprint density at radius 1 is 1.00 bits per heavy atom. The average molecular weight is 538 g/mol. The minimum Gasteiger partial charge on any atom is -0.356 e. The molecule has 0 spiro atoms. The molecule has 1 atom stereocenters. The number of amides is 1. The molecule has 202 valence electrons. The summed E-state index contributed by atoms with van der Waals surface area (Å²) in [6.07, 6.45) is -7.20. The summed E-state index contributed by atoms with van der Waals surface area (Å²) in [6, 6.07) is 10.6. The normalized spacial score (nSPS) is 16.3. The van der Waals surface area contributed by atoms with E-state index in [2.05, 4.69) is 20.6 Å². The molecule has 6 nitrogen and oxygen atoms in total. The van der Waals surface area contributed by atoms with E-state index < -0.39 is 29.2 Å². The number of alkyl halides is 6. The van der Waals surface area contributed by atoms with Crippen LogP contribution in [0.5, 0.6) is 0 Å². The number of aryl methyl sites for hydroxylation is 1. The molecule has 3 aromatic rings. The summed E-state index contributed by atoms with van der Waals surface area (Å²) in [5, 5.41) is 5.40. The van der Waals surface area contributed by atoms with Crippen molar-refractivity contribution in [3.05, 3.63) is 77.0 Å². The second kappa shape index (κ2) is 10.9. The van der Waals surface area contributed by atoms with Gasteiger partial charge in [-0.3, -0.25) is 4.79 Å². The lowest BCUT2D eigenvalue weighted by molar-refractivity contribution is -0.143. The molecule has 1 aliphatic heterocycles. The third kappa shape index (κ3) is 6.93. The van der Waals surface area contributed by atoms with E-state index >= 15 is 0 Å². The Kier molecular flexibility index (Phi) is 7.79. The third-order valence-electron chi connectivity index (χ3n) is 6.19. The second-order valence-electron chi connectivity index (χ2n) is 9.15. The van der Waals surface area contributed by atoms with Crippen LogP contribution in [-0.2, 0) is 23.7 Å². The number of nitrogens with one attached hydrogen (secondary N) is 2. The Morgan fingerprint density at radius 2 is 1.66 bits per heavy atom. The van der Waals surface area contributed by atoms with E-state index in [9.17, 15) is 31.1 Å². The van der Waals surface area contributed by atoms with Gasteiger partial charge in [-0.15, -0.1) is 0 Å². The lowest BCUT2D eigenvalue weighted by Crippen LogP contribution is -2.43. The highest BCUT2D eigenvalue weighted by molar-refractivity contribution is 5.79. The number of hydrogen-bond donors (Lipinski definition) is 2. The van der Waals surface area contributed by atoms with Gasteiger partial charge in [0.2, 0.25) is 11.9 Å². The van der Waals surface area contributed by atoms with Crippen molar-refractivity contribution in [2.24, 2.45) is 5.92 Å². The van der Waals surface area contributed by atoms with Crippen molar-refractivity contribution in [3.63, 3.8) is 0 Å². The predicted molar refractivity (Wildman–Crippen MR) is 130 cm³/mol. The van der Waals surface area contributed by atoms with Crippen LogP contribution in [0.3, 0.4) is 0 Å². The molecule has 38 heavy (non-hydrogen) atoms. The maximum Gasteiger partial charge on any atom is 0.416 e. The smallest absolute Gasteiger partial charge is 0.356 e. The Balaban J connectivity index is 1.46. The molecule has 2 N–H and O–H groups in total. The fraction of sp³-hybridized carbons (Fsp3) is 0.346. The van der Waals surface area contributed by atoms with Crippen LogP contribution >= 0.6 is 0 Å². The molecule has 1 saturated heterocycles. The van der Waals surface area contributed by atoms with Crippen molar-refractivity contribution in [2.45, 2.75) is 38.7 Å². The van der Waals surface area contributed by atoms with Crippen LogP contribution < -0.4 is 15.5 Å². The van der Waals surface area contributed by atoms with Crippen LogP contribution in [0.25, 0.3) is 0 Å². The van der Waals surface area contributed by atoms with Gasteiger partial charge in [0, 0.05) is 31.5 Å². The van der Waals surface area contributed by atoms with Crippen LogP contribution in [0.1, 0.15) is 35.1 Å². The predicted octanol–water partition coefficient (Wildman–Crippen LogP) is 6.10. The summed E-state index contributed by atoms with van der Waals surface area (Å²) >= 11 is 0. The molecular formula is C26H25F6N5O. The topological polar surface area (TPSA) is 70.2 Å². The van der Waals surface area contributed by atoms with Crippen LogP contribution in [-0.4, -0.2) is 29.0 Å². The van der Waals surface area contributed by atoms with Crippen molar-refractivity contribution in [3.8, 4) is 0 Å². The fourth-order valence-corrected chi connectivity index (χ4v) is 4.18. The van der Waals surface area contributed by atoms with E-state index in [0.29, 0.717) is 50.4 Å². The van der Waals surface area contributed by atoms with E-state index in [1.807, 2.05) is 36.1 Å². The zero-order valence-corrected chi connectivity index (χ0v) is 20.3. The standard InChI is InChI=1S/C26H25F6N5O/c1-16-4-6-17(7-5-16)14-34-23(38)18-3-2-10-37(15-18)22-8-9-33-24(36-22)35-21-12-19(25(27,28)29)11-20(13-21)26(30,31)32/h4-9,11-13,18H,2-3,10,14-15H2,1H3,(H,34,38)(H,33,35,36)/t18-/m0/s1. The van der Waals surface area contributed by atoms with Gasteiger partial charge in [0.05, 0.1) is 17.0 Å². The maximum atomic E-state index is 13.2. The molecule has 2 heterocycles. The summed E-state index contributed by atoms with van der Waals surface area (Å²) in [7, 11) is 0. The summed E-state index contributed by atoms with van der Waals surface area (Å²) < 4.78 is 79.1. The third-order valence-corrected chi connectivity index (χ3v) is 6.19. The first-order chi connectivity index (χ1) is 17.9. The fourth-order valence-electron chi connectivity index (χ4n) is 4.18. The minimum absolute atomic E-state index is 0.0558. The van der Waals surface area contributed by atoms with Gasteiger partial charge in [-0.25, -0.2) is 4.98 Å². The van der Waals surface area contributed by atoms with Gasteiger partial charge in [0.1, 0.15) is 5.82 Å². The van der Waals surface area contributed by atoms with E-state index in [0.717, 1.165) is 11.1 Å². The van der Waals surface area contributed by atoms with Gasteiger partial charge in [-0.1, -0.05) is 29.8 Å².